The summed E-state index contributed by atoms with van der Waals surface area (Å²) in [6, 6.07) is 0. The molecule has 0 atom stereocenters. The Kier molecular flexibility index (Phi) is 4.50. The molecule has 0 bridgehead atoms. The molecular formula is C9H17N5O2S. The van der Waals surface area contributed by atoms with Gasteiger partial charge in [0.1, 0.15) is 5.60 Å². The number of aromatic nitrogens is 2. The maximum Gasteiger partial charge on any atom is 0.407 e. The van der Waals surface area contributed by atoms with Crippen LogP contribution in [0.4, 0.5) is 15.1 Å². The van der Waals surface area contributed by atoms with Gasteiger partial charge in [-0.15, -0.1) is 10.2 Å². The predicted octanol–water partition coefficient (Wildman–Crippen LogP) is 1.06. The largest absolute Gasteiger partial charge is 0.444 e. The minimum atomic E-state index is -0.481. The minimum Gasteiger partial charge on any atom is -0.444 e. The van der Waals surface area contributed by atoms with Crippen LogP contribution in [-0.4, -0.2) is 35.0 Å². The lowest BCUT2D eigenvalue weighted by Crippen LogP contribution is -2.34. The van der Waals surface area contributed by atoms with E-state index >= 15 is 0 Å². The summed E-state index contributed by atoms with van der Waals surface area (Å²) < 4.78 is 5.07. The Bertz CT molecular complexity index is 374. The number of carbonyl (C=O) groups is 1. The summed E-state index contributed by atoms with van der Waals surface area (Å²) >= 11 is 1.26. The molecule has 1 heterocycles. The lowest BCUT2D eigenvalue weighted by Gasteiger charge is -2.19. The van der Waals surface area contributed by atoms with Crippen LogP contribution < -0.4 is 16.4 Å². The topological polar surface area (TPSA) is 102 Å². The first-order valence-electron chi connectivity index (χ1n) is 5.16. The molecule has 0 spiro atoms. The normalized spacial score (nSPS) is 11.0. The molecular weight excluding hydrogens is 242 g/mol. The van der Waals surface area contributed by atoms with E-state index in [1.54, 1.807) is 0 Å². The quantitative estimate of drug-likeness (QED) is 0.699. The minimum absolute atomic E-state index is 0.410. The summed E-state index contributed by atoms with van der Waals surface area (Å²) in [5.41, 5.74) is 4.93. The fourth-order valence-electron chi connectivity index (χ4n) is 0.954. The summed E-state index contributed by atoms with van der Waals surface area (Å²) in [6.45, 7) is 6.42. The number of nitrogen functional groups attached to an aromatic ring is 1. The van der Waals surface area contributed by atoms with Crippen LogP contribution in [0, 0.1) is 0 Å². The number of ether oxygens (including phenoxy) is 1. The Labute approximate surface area is 104 Å². The molecule has 0 aromatic carbocycles. The van der Waals surface area contributed by atoms with Gasteiger partial charge in [0.2, 0.25) is 10.3 Å². The third-order valence-electron chi connectivity index (χ3n) is 1.51. The first-order valence-corrected chi connectivity index (χ1v) is 5.98. The van der Waals surface area contributed by atoms with Gasteiger partial charge in [0.25, 0.3) is 0 Å². The van der Waals surface area contributed by atoms with Gasteiger partial charge in [0.15, 0.2) is 0 Å². The van der Waals surface area contributed by atoms with Crippen molar-refractivity contribution in [3.8, 4) is 0 Å². The Morgan fingerprint density at radius 3 is 2.65 bits per heavy atom. The second-order valence-electron chi connectivity index (χ2n) is 4.30. The van der Waals surface area contributed by atoms with E-state index in [4.69, 9.17) is 10.5 Å². The molecule has 1 aromatic heterocycles. The van der Waals surface area contributed by atoms with E-state index in [-0.39, 0.29) is 0 Å². The van der Waals surface area contributed by atoms with Gasteiger partial charge < -0.3 is 21.1 Å². The third kappa shape index (κ3) is 5.91. The van der Waals surface area contributed by atoms with Crippen LogP contribution in [0.3, 0.4) is 0 Å². The number of rotatable bonds is 4. The molecule has 1 amide bonds. The second-order valence-corrected chi connectivity index (χ2v) is 5.31. The molecule has 1 rings (SSSR count). The van der Waals surface area contributed by atoms with Gasteiger partial charge in [-0.2, -0.15) is 0 Å². The van der Waals surface area contributed by atoms with Crippen LogP contribution in [0.1, 0.15) is 20.8 Å². The molecule has 8 heteroatoms. The van der Waals surface area contributed by atoms with Crippen LogP contribution in [0.15, 0.2) is 0 Å². The summed E-state index contributed by atoms with van der Waals surface area (Å²) in [7, 11) is 0. The second kappa shape index (κ2) is 5.67. The predicted molar refractivity (Wildman–Crippen MR) is 67.0 cm³/mol. The number of anilines is 2. The molecule has 17 heavy (non-hydrogen) atoms. The molecule has 1 aromatic rings. The molecule has 0 aliphatic heterocycles. The molecule has 0 fully saturated rings. The number of carbonyl (C=O) groups excluding carboxylic acids is 1. The van der Waals surface area contributed by atoms with E-state index in [9.17, 15) is 4.79 Å². The average Bonchev–Trinajstić information content (AvgIpc) is 2.56. The third-order valence-corrected chi connectivity index (χ3v) is 2.22. The maximum atomic E-state index is 11.3. The van der Waals surface area contributed by atoms with E-state index in [0.717, 1.165) is 0 Å². The van der Waals surface area contributed by atoms with Crippen LogP contribution in [0.5, 0.6) is 0 Å². The first-order chi connectivity index (χ1) is 7.87. The standard InChI is InChI=1S/C9H17N5O2S/c1-9(2,3)16-8(15)12-5-4-11-7-14-13-6(10)17-7/h4-5H2,1-3H3,(H2,10,13)(H,11,14)(H,12,15). The fraction of sp³-hybridized carbons (Fsp3) is 0.667. The van der Waals surface area contributed by atoms with Crippen LogP contribution >= 0.6 is 11.3 Å². The molecule has 7 nitrogen and oxygen atoms in total. The van der Waals surface area contributed by atoms with Crippen molar-refractivity contribution in [2.75, 3.05) is 24.1 Å². The molecule has 0 unspecified atom stereocenters. The number of amides is 1. The van der Waals surface area contributed by atoms with Crippen molar-refractivity contribution in [1.29, 1.82) is 0 Å². The fourth-order valence-corrected chi connectivity index (χ4v) is 1.49. The van der Waals surface area contributed by atoms with Gasteiger partial charge in [-0.25, -0.2) is 4.79 Å². The highest BCUT2D eigenvalue weighted by Gasteiger charge is 2.15. The number of nitrogens with two attached hydrogens (primary N) is 1. The van der Waals surface area contributed by atoms with Gasteiger partial charge >= 0.3 is 6.09 Å². The van der Waals surface area contributed by atoms with E-state index in [1.807, 2.05) is 20.8 Å². The van der Waals surface area contributed by atoms with Crippen molar-refractivity contribution in [2.24, 2.45) is 0 Å². The Balaban J connectivity index is 2.14. The lowest BCUT2D eigenvalue weighted by molar-refractivity contribution is 0.0530. The highest BCUT2D eigenvalue weighted by molar-refractivity contribution is 7.18. The van der Waals surface area contributed by atoms with Crippen LogP contribution in [-0.2, 0) is 4.74 Å². The summed E-state index contributed by atoms with van der Waals surface area (Å²) in [6.07, 6.45) is -0.434. The zero-order chi connectivity index (χ0) is 12.9. The van der Waals surface area contributed by atoms with Crippen LogP contribution in [0.25, 0.3) is 0 Å². The molecule has 4 N–H and O–H groups in total. The summed E-state index contributed by atoms with van der Waals surface area (Å²) in [5.74, 6) is 0. The molecule has 0 saturated heterocycles. The van der Waals surface area contributed by atoms with Gasteiger partial charge in [-0.1, -0.05) is 11.3 Å². The number of nitrogens with one attached hydrogen (secondary N) is 2. The Morgan fingerprint density at radius 1 is 1.41 bits per heavy atom. The monoisotopic (exact) mass is 259 g/mol. The highest BCUT2D eigenvalue weighted by atomic mass is 32.1. The van der Waals surface area contributed by atoms with Gasteiger partial charge in [-0.3, -0.25) is 0 Å². The van der Waals surface area contributed by atoms with E-state index in [0.29, 0.717) is 23.4 Å². The van der Waals surface area contributed by atoms with Crippen molar-refractivity contribution in [1.82, 2.24) is 15.5 Å². The van der Waals surface area contributed by atoms with Crippen molar-refractivity contribution in [3.05, 3.63) is 0 Å². The Morgan fingerprint density at radius 2 is 2.12 bits per heavy atom. The van der Waals surface area contributed by atoms with Crippen molar-refractivity contribution in [2.45, 2.75) is 26.4 Å². The average molecular weight is 259 g/mol. The SMILES string of the molecule is CC(C)(C)OC(=O)NCCNc1nnc(N)s1. The number of nitrogens with zero attached hydrogens (tertiary/aromatic N) is 2. The zero-order valence-electron chi connectivity index (χ0n) is 10.1. The molecule has 0 aliphatic rings. The Hall–Kier alpha value is -1.57. The molecule has 0 saturated carbocycles. The van der Waals surface area contributed by atoms with Crippen molar-refractivity contribution < 1.29 is 9.53 Å². The van der Waals surface area contributed by atoms with Crippen molar-refractivity contribution in [3.63, 3.8) is 0 Å². The van der Waals surface area contributed by atoms with Gasteiger partial charge in [-0.05, 0) is 20.8 Å². The van der Waals surface area contributed by atoms with E-state index in [1.165, 1.54) is 11.3 Å². The molecule has 96 valence electrons. The van der Waals surface area contributed by atoms with Gasteiger partial charge in [0.05, 0.1) is 0 Å². The zero-order valence-corrected chi connectivity index (χ0v) is 10.9. The highest BCUT2D eigenvalue weighted by Crippen LogP contribution is 2.15. The molecule has 0 aliphatic carbocycles. The van der Waals surface area contributed by atoms with E-state index < -0.39 is 11.7 Å². The number of hydrogen-bond donors (Lipinski definition) is 3. The van der Waals surface area contributed by atoms with E-state index in [2.05, 4.69) is 20.8 Å². The summed E-state index contributed by atoms with van der Waals surface area (Å²) in [4.78, 5) is 11.3. The lowest BCUT2D eigenvalue weighted by atomic mass is 10.2. The summed E-state index contributed by atoms with van der Waals surface area (Å²) in [5, 5.41) is 14.1. The van der Waals surface area contributed by atoms with Gasteiger partial charge in [0, 0.05) is 13.1 Å². The smallest absolute Gasteiger partial charge is 0.407 e. The molecule has 0 radical (unpaired) electrons. The first kappa shape index (κ1) is 13.5. The van der Waals surface area contributed by atoms with Crippen molar-refractivity contribution >= 4 is 27.7 Å². The van der Waals surface area contributed by atoms with Crippen LogP contribution in [0.2, 0.25) is 0 Å². The number of alkyl carbamates (subject to hydrolysis) is 1. The maximum absolute atomic E-state index is 11.3. The number of hydrogen-bond acceptors (Lipinski definition) is 7.